The van der Waals surface area contributed by atoms with Crippen LogP contribution < -0.4 is 5.32 Å². The van der Waals surface area contributed by atoms with Gasteiger partial charge in [0, 0.05) is 26.3 Å². The summed E-state index contributed by atoms with van der Waals surface area (Å²) >= 11 is 0. The highest BCUT2D eigenvalue weighted by Crippen LogP contribution is 2.20. The predicted molar refractivity (Wildman–Crippen MR) is 72.1 cm³/mol. The molecule has 8 heteroatoms. The number of hydrogen-bond donors (Lipinski definition) is 2. The minimum atomic E-state index is -1.35. The van der Waals surface area contributed by atoms with Crippen LogP contribution in [0.25, 0.3) is 0 Å². The number of unbranched alkanes of at least 4 members (excludes halogenated alkanes) is 2. The van der Waals surface area contributed by atoms with E-state index in [0.29, 0.717) is 19.0 Å². The lowest BCUT2D eigenvalue weighted by molar-refractivity contribution is -0.385. The first kappa shape index (κ1) is 15.8. The van der Waals surface area contributed by atoms with Gasteiger partial charge in [-0.3, -0.25) is 10.1 Å². The Balaban J connectivity index is 2.57. The molecule has 20 heavy (non-hydrogen) atoms. The fourth-order valence-electron chi connectivity index (χ4n) is 1.63. The van der Waals surface area contributed by atoms with E-state index in [4.69, 9.17) is 9.84 Å². The van der Waals surface area contributed by atoms with E-state index in [9.17, 15) is 14.9 Å². The van der Waals surface area contributed by atoms with Crippen molar-refractivity contribution in [2.24, 2.45) is 0 Å². The fraction of sp³-hybridized carbons (Fsp3) is 0.500. The van der Waals surface area contributed by atoms with E-state index in [-0.39, 0.29) is 5.56 Å². The van der Waals surface area contributed by atoms with Gasteiger partial charge in [-0.1, -0.05) is 0 Å². The van der Waals surface area contributed by atoms with Gasteiger partial charge >= 0.3 is 11.7 Å². The van der Waals surface area contributed by atoms with E-state index in [1.54, 1.807) is 7.11 Å². The minimum absolute atomic E-state index is 0.319. The second-order valence-corrected chi connectivity index (χ2v) is 4.13. The number of hydrogen-bond acceptors (Lipinski definition) is 6. The van der Waals surface area contributed by atoms with Crippen LogP contribution >= 0.6 is 0 Å². The van der Waals surface area contributed by atoms with Crippen LogP contribution in [0.1, 0.15) is 29.6 Å². The molecule has 1 heterocycles. The molecule has 1 aromatic rings. The predicted octanol–water partition coefficient (Wildman–Crippen LogP) is 1.92. The third-order valence-corrected chi connectivity index (χ3v) is 2.64. The molecular formula is C12H17N3O5. The topological polar surface area (TPSA) is 115 Å². The molecule has 0 aromatic carbocycles. The van der Waals surface area contributed by atoms with Gasteiger partial charge in [-0.2, -0.15) is 0 Å². The highest BCUT2D eigenvalue weighted by Gasteiger charge is 2.20. The molecule has 1 aromatic heterocycles. The van der Waals surface area contributed by atoms with Crippen LogP contribution in [0.2, 0.25) is 0 Å². The van der Waals surface area contributed by atoms with Crippen LogP contribution in [-0.2, 0) is 4.74 Å². The maximum absolute atomic E-state index is 11.0. The molecule has 0 aliphatic heterocycles. The molecule has 0 unspecified atom stereocenters. The van der Waals surface area contributed by atoms with Gasteiger partial charge in [0.25, 0.3) is 0 Å². The van der Waals surface area contributed by atoms with E-state index < -0.39 is 16.6 Å². The summed E-state index contributed by atoms with van der Waals surface area (Å²) in [5, 5.41) is 22.5. The van der Waals surface area contributed by atoms with E-state index >= 15 is 0 Å². The van der Waals surface area contributed by atoms with Crippen molar-refractivity contribution in [3.63, 3.8) is 0 Å². The lowest BCUT2D eigenvalue weighted by Gasteiger charge is -2.06. The Hall–Kier alpha value is -2.22. The SMILES string of the molecule is COCCCCCNc1cc(C(=O)O)c([N+](=O)[O-])cn1. The summed E-state index contributed by atoms with van der Waals surface area (Å²) in [5.41, 5.74) is -0.880. The Bertz CT molecular complexity index is 478. The van der Waals surface area contributed by atoms with Crippen molar-refractivity contribution >= 4 is 17.5 Å². The Kier molecular flexibility index (Phi) is 6.38. The number of methoxy groups -OCH3 is 1. The zero-order valence-electron chi connectivity index (χ0n) is 11.2. The van der Waals surface area contributed by atoms with Gasteiger partial charge in [0.2, 0.25) is 0 Å². The number of aromatic carboxylic acids is 1. The number of nitrogens with one attached hydrogen (secondary N) is 1. The number of carbonyl (C=O) groups is 1. The Morgan fingerprint density at radius 1 is 1.50 bits per heavy atom. The van der Waals surface area contributed by atoms with E-state index in [1.165, 1.54) is 6.07 Å². The molecule has 0 aliphatic rings. The fourth-order valence-corrected chi connectivity index (χ4v) is 1.63. The van der Waals surface area contributed by atoms with Crippen LogP contribution in [0.15, 0.2) is 12.3 Å². The number of rotatable bonds is 9. The van der Waals surface area contributed by atoms with E-state index in [0.717, 1.165) is 25.5 Å². The summed E-state index contributed by atoms with van der Waals surface area (Å²) in [6.07, 6.45) is 3.76. The zero-order valence-corrected chi connectivity index (χ0v) is 11.2. The largest absolute Gasteiger partial charge is 0.477 e. The van der Waals surface area contributed by atoms with Crippen LogP contribution in [0, 0.1) is 10.1 Å². The van der Waals surface area contributed by atoms with Gasteiger partial charge in [0.15, 0.2) is 0 Å². The lowest BCUT2D eigenvalue weighted by atomic mass is 10.2. The summed E-state index contributed by atoms with van der Waals surface area (Å²) in [6.45, 7) is 1.33. The molecule has 0 saturated carbocycles. The van der Waals surface area contributed by atoms with Crippen molar-refractivity contribution < 1.29 is 19.6 Å². The van der Waals surface area contributed by atoms with Crippen LogP contribution in [0.5, 0.6) is 0 Å². The number of aromatic nitrogens is 1. The summed E-state index contributed by atoms with van der Waals surface area (Å²) in [5.74, 6) is -1.03. The van der Waals surface area contributed by atoms with E-state index in [2.05, 4.69) is 10.3 Å². The molecule has 0 amide bonds. The highest BCUT2D eigenvalue weighted by atomic mass is 16.6. The van der Waals surface area contributed by atoms with Crippen molar-refractivity contribution in [2.45, 2.75) is 19.3 Å². The Morgan fingerprint density at radius 3 is 2.85 bits per heavy atom. The van der Waals surface area contributed by atoms with Gasteiger partial charge in [-0.05, 0) is 19.3 Å². The first-order valence-electron chi connectivity index (χ1n) is 6.16. The molecule has 0 fully saturated rings. The number of nitrogens with zero attached hydrogens (tertiary/aromatic N) is 2. The first-order valence-corrected chi connectivity index (χ1v) is 6.16. The summed E-state index contributed by atoms with van der Waals surface area (Å²) in [4.78, 5) is 24.7. The van der Waals surface area contributed by atoms with Crippen molar-refractivity contribution in [1.82, 2.24) is 4.98 Å². The minimum Gasteiger partial charge on any atom is -0.477 e. The molecule has 8 nitrogen and oxygen atoms in total. The average molecular weight is 283 g/mol. The van der Waals surface area contributed by atoms with Crippen molar-refractivity contribution in [3.05, 3.63) is 27.9 Å². The van der Waals surface area contributed by atoms with Crippen LogP contribution in [0.3, 0.4) is 0 Å². The van der Waals surface area contributed by atoms with Gasteiger partial charge in [0.05, 0.1) is 4.92 Å². The van der Waals surface area contributed by atoms with Crippen LogP contribution in [-0.4, -0.2) is 41.2 Å². The maximum atomic E-state index is 11.0. The number of carboxylic acids is 1. The first-order chi connectivity index (χ1) is 9.56. The smallest absolute Gasteiger partial charge is 0.342 e. The molecule has 2 N–H and O–H groups in total. The standard InChI is InChI=1S/C12H17N3O5/c1-20-6-4-2-3-5-13-11-7-9(12(16)17)10(8-14-11)15(18)19/h7-8H,2-6H2,1H3,(H,13,14)(H,16,17). The maximum Gasteiger partial charge on any atom is 0.342 e. The molecular weight excluding hydrogens is 266 g/mol. The number of pyridine rings is 1. The molecule has 110 valence electrons. The average Bonchev–Trinajstić information content (AvgIpc) is 2.42. The van der Waals surface area contributed by atoms with E-state index in [1.807, 2.05) is 0 Å². The molecule has 0 radical (unpaired) electrons. The van der Waals surface area contributed by atoms with Crippen molar-refractivity contribution in [2.75, 3.05) is 25.6 Å². The Morgan fingerprint density at radius 2 is 2.25 bits per heavy atom. The summed E-state index contributed by atoms with van der Waals surface area (Å²) < 4.78 is 4.92. The third-order valence-electron chi connectivity index (χ3n) is 2.64. The summed E-state index contributed by atoms with van der Waals surface area (Å²) in [6, 6.07) is 1.18. The molecule has 0 bridgehead atoms. The monoisotopic (exact) mass is 283 g/mol. The van der Waals surface area contributed by atoms with Gasteiger partial charge in [0.1, 0.15) is 17.6 Å². The molecule has 0 spiro atoms. The normalized spacial score (nSPS) is 10.2. The number of ether oxygens (including phenoxy) is 1. The van der Waals surface area contributed by atoms with Gasteiger partial charge in [-0.25, -0.2) is 9.78 Å². The zero-order chi connectivity index (χ0) is 15.0. The third kappa shape index (κ3) is 4.81. The van der Waals surface area contributed by atoms with Crippen molar-refractivity contribution in [3.8, 4) is 0 Å². The van der Waals surface area contributed by atoms with Crippen LogP contribution in [0.4, 0.5) is 11.5 Å². The molecule has 1 rings (SSSR count). The van der Waals surface area contributed by atoms with Gasteiger partial charge in [-0.15, -0.1) is 0 Å². The second kappa shape index (κ2) is 8.05. The highest BCUT2D eigenvalue weighted by molar-refractivity contribution is 5.93. The second-order valence-electron chi connectivity index (χ2n) is 4.13. The number of anilines is 1. The molecule has 0 aliphatic carbocycles. The number of nitro groups is 1. The molecule has 0 saturated heterocycles. The number of carboxylic acid groups (broad SMARTS) is 1. The van der Waals surface area contributed by atoms with Gasteiger partial charge < -0.3 is 15.2 Å². The lowest BCUT2D eigenvalue weighted by Crippen LogP contribution is -2.08. The van der Waals surface area contributed by atoms with Crippen molar-refractivity contribution in [1.29, 1.82) is 0 Å². The summed E-state index contributed by atoms with van der Waals surface area (Å²) in [7, 11) is 1.65. The Labute approximate surface area is 115 Å². The molecule has 0 atom stereocenters. The quantitative estimate of drug-likeness (QED) is 0.404.